The SMILES string of the molecule is Cc1cc(Cl)c(C)c(S(=O)(=O)Nc2ccc(C(N)=O)cc2)c1Cl. The Hall–Kier alpha value is -1.76. The van der Waals surface area contributed by atoms with Crippen LogP contribution in [0.25, 0.3) is 0 Å². The predicted molar refractivity (Wildman–Crippen MR) is 91.7 cm³/mol. The number of hydrogen-bond donors (Lipinski definition) is 2. The van der Waals surface area contributed by atoms with Gasteiger partial charge in [-0.3, -0.25) is 9.52 Å². The molecule has 0 unspecified atom stereocenters. The van der Waals surface area contributed by atoms with Crippen LogP contribution in [-0.4, -0.2) is 14.3 Å². The molecule has 0 saturated carbocycles. The van der Waals surface area contributed by atoms with Crippen LogP contribution in [0.4, 0.5) is 5.69 Å². The van der Waals surface area contributed by atoms with E-state index in [0.717, 1.165) is 0 Å². The molecule has 5 nitrogen and oxygen atoms in total. The van der Waals surface area contributed by atoms with E-state index in [1.165, 1.54) is 24.3 Å². The zero-order valence-corrected chi connectivity index (χ0v) is 14.7. The molecule has 0 saturated heterocycles. The molecular weight excluding hydrogens is 359 g/mol. The van der Waals surface area contributed by atoms with E-state index < -0.39 is 15.9 Å². The maximum atomic E-state index is 12.6. The van der Waals surface area contributed by atoms with Gasteiger partial charge < -0.3 is 5.73 Å². The molecule has 3 N–H and O–H groups in total. The van der Waals surface area contributed by atoms with Crippen molar-refractivity contribution >= 4 is 44.8 Å². The van der Waals surface area contributed by atoms with E-state index in [1.807, 2.05) is 0 Å². The van der Waals surface area contributed by atoms with Gasteiger partial charge in [0.2, 0.25) is 5.91 Å². The van der Waals surface area contributed by atoms with Gasteiger partial charge in [-0.1, -0.05) is 23.2 Å². The van der Waals surface area contributed by atoms with Crippen LogP contribution in [0.1, 0.15) is 21.5 Å². The van der Waals surface area contributed by atoms with Crippen molar-refractivity contribution in [3.8, 4) is 0 Å². The topological polar surface area (TPSA) is 89.3 Å². The van der Waals surface area contributed by atoms with Gasteiger partial charge in [0, 0.05) is 16.3 Å². The fraction of sp³-hybridized carbons (Fsp3) is 0.133. The van der Waals surface area contributed by atoms with Crippen LogP contribution in [0.3, 0.4) is 0 Å². The molecule has 0 fully saturated rings. The number of halogens is 2. The smallest absolute Gasteiger partial charge is 0.263 e. The number of amides is 1. The van der Waals surface area contributed by atoms with Gasteiger partial charge in [0.25, 0.3) is 10.0 Å². The van der Waals surface area contributed by atoms with Gasteiger partial charge in [-0.25, -0.2) is 8.42 Å². The number of sulfonamides is 1. The van der Waals surface area contributed by atoms with Crippen LogP contribution in [0.5, 0.6) is 0 Å². The Morgan fingerprint density at radius 2 is 1.70 bits per heavy atom. The van der Waals surface area contributed by atoms with Crippen molar-refractivity contribution in [2.24, 2.45) is 5.73 Å². The highest BCUT2D eigenvalue weighted by molar-refractivity contribution is 7.93. The van der Waals surface area contributed by atoms with Gasteiger partial charge in [0.1, 0.15) is 4.90 Å². The Bertz CT molecular complexity index is 852. The molecular formula is C15H14Cl2N2O3S. The third kappa shape index (κ3) is 3.60. The average molecular weight is 373 g/mol. The Labute approximate surface area is 144 Å². The summed E-state index contributed by atoms with van der Waals surface area (Å²) >= 11 is 12.2. The lowest BCUT2D eigenvalue weighted by Crippen LogP contribution is -2.16. The first-order valence-electron chi connectivity index (χ1n) is 6.51. The molecule has 2 aromatic rings. The predicted octanol–water partition coefficient (Wildman–Crippen LogP) is 3.51. The van der Waals surface area contributed by atoms with Crippen molar-refractivity contribution in [2.45, 2.75) is 18.7 Å². The van der Waals surface area contributed by atoms with Gasteiger partial charge in [-0.05, 0) is 55.3 Å². The molecule has 0 heterocycles. The number of primary amides is 1. The van der Waals surface area contributed by atoms with Crippen molar-refractivity contribution in [3.05, 3.63) is 57.1 Å². The molecule has 8 heteroatoms. The number of aryl methyl sites for hydroxylation is 1. The molecule has 0 aliphatic carbocycles. The zero-order chi connectivity index (χ0) is 17.4. The number of nitrogens with two attached hydrogens (primary N) is 1. The van der Waals surface area contributed by atoms with E-state index in [1.54, 1.807) is 19.9 Å². The average Bonchev–Trinajstić information content (AvgIpc) is 2.45. The second-order valence-corrected chi connectivity index (χ2v) is 7.39. The summed E-state index contributed by atoms with van der Waals surface area (Å²) in [4.78, 5) is 11.0. The maximum Gasteiger partial charge on any atom is 0.263 e. The minimum absolute atomic E-state index is 0.0665. The Balaban J connectivity index is 2.46. The van der Waals surface area contributed by atoms with Crippen LogP contribution >= 0.6 is 23.2 Å². The van der Waals surface area contributed by atoms with Gasteiger partial charge in [-0.15, -0.1) is 0 Å². The van der Waals surface area contributed by atoms with E-state index in [4.69, 9.17) is 28.9 Å². The van der Waals surface area contributed by atoms with Gasteiger partial charge in [0.05, 0.1) is 5.02 Å². The summed E-state index contributed by atoms with van der Waals surface area (Å²) < 4.78 is 27.7. The number of anilines is 1. The van der Waals surface area contributed by atoms with Crippen molar-refractivity contribution in [2.75, 3.05) is 4.72 Å². The minimum Gasteiger partial charge on any atom is -0.366 e. The summed E-state index contributed by atoms with van der Waals surface area (Å²) in [6.45, 7) is 3.26. The lowest BCUT2D eigenvalue weighted by molar-refractivity contribution is 0.100. The summed E-state index contributed by atoms with van der Waals surface area (Å²) in [6, 6.07) is 7.35. The van der Waals surface area contributed by atoms with Gasteiger partial charge in [-0.2, -0.15) is 0 Å². The first-order chi connectivity index (χ1) is 10.6. The number of nitrogens with one attached hydrogen (secondary N) is 1. The summed E-state index contributed by atoms with van der Waals surface area (Å²) in [5, 5.41) is 0.435. The third-order valence-electron chi connectivity index (χ3n) is 3.28. The number of benzene rings is 2. The molecule has 0 spiro atoms. The maximum absolute atomic E-state index is 12.6. The number of hydrogen-bond acceptors (Lipinski definition) is 3. The van der Waals surface area contributed by atoms with Crippen molar-refractivity contribution < 1.29 is 13.2 Å². The molecule has 23 heavy (non-hydrogen) atoms. The first kappa shape index (κ1) is 17.6. The molecule has 0 aliphatic heterocycles. The molecule has 122 valence electrons. The molecule has 1 amide bonds. The van der Waals surface area contributed by atoms with Crippen LogP contribution in [0, 0.1) is 13.8 Å². The molecule has 2 aromatic carbocycles. The van der Waals surface area contributed by atoms with E-state index in [9.17, 15) is 13.2 Å². The number of rotatable bonds is 4. The van der Waals surface area contributed by atoms with E-state index in [2.05, 4.69) is 4.72 Å². The zero-order valence-electron chi connectivity index (χ0n) is 12.4. The number of carbonyl (C=O) groups excluding carboxylic acids is 1. The standard InChI is InChI=1S/C15H14Cl2N2O3S/c1-8-7-12(16)9(2)14(13(8)17)23(21,22)19-11-5-3-10(4-6-11)15(18)20/h3-7,19H,1-2H3,(H2,18,20). The van der Waals surface area contributed by atoms with E-state index >= 15 is 0 Å². The summed E-state index contributed by atoms with van der Waals surface area (Å²) in [6.07, 6.45) is 0. The van der Waals surface area contributed by atoms with Crippen LogP contribution in [0.15, 0.2) is 35.2 Å². The van der Waals surface area contributed by atoms with Crippen LogP contribution < -0.4 is 10.5 Å². The Kier molecular flexibility index (Phi) is 4.89. The third-order valence-corrected chi connectivity index (χ3v) is 5.82. The first-order valence-corrected chi connectivity index (χ1v) is 8.75. The molecule has 0 aromatic heterocycles. The summed E-state index contributed by atoms with van der Waals surface area (Å²) in [7, 11) is -3.94. The highest BCUT2D eigenvalue weighted by atomic mass is 35.5. The normalized spacial score (nSPS) is 11.3. The second-order valence-electron chi connectivity index (χ2n) is 4.99. The van der Waals surface area contributed by atoms with E-state index in [-0.39, 0.29) is 21.2 Å². The second kappa shape index (κ2) is 6.39. The molecule has 2 rings (SSSR count). The van der Waals surface area contributed by atoms with E-state index in [0.29, 0.717) is 16.1 Å². The Morgan fingerprint density at radius 3 is 2.22 bits per heavy atom. The van der Waals surface area contributed by atoms with Crippen molar-refractivity contribution in [1.29, 1.82) is 0 Å². The Morgan fingerprint density at radius 1 is 1.13 bits per heavy atom. The highest BCUT2D eigenvalue weighted by Gasteiger charge is 2.24. The van der Waals surface area contributed by atoms with Crippen molar-refractivity contribution in [3.63, 3.8) is 0 Å². The molecule has 0 bridgehead atoms. The van der Waals surface area contributed by atoms with Crippen molar-refractivity contribution in [1.82, 2.24) is 0 Å². The summed E-state index contributed by atoms with van der Waals surface area (Å²) in [5.41, 5.74) is 6.63. The molecule has 0 radical (unpaired) electrons. The lowest BCUT2D eigenvalue weighted by atomic mass is 10.2. The highest BCUT2D eigenvalue weighted by Crippen LogP contribution is 2.34. The lowest BCUT2D eigenvalue weighted by Gasteiger charge is -2.15. The van der Waals surface area contributed by atoms with Crippen LogP contribution in [-0.2, 0) is 10.0 Å². The van der Waals surface area contributed by atoms with Gasteiger partial charge in [0.15, 0.2) is 0 Å². The monoisotopic (exact) mass is 372 g/mol. The molecule has 0 atom stereocenters. The quantitative estimate of drug-likeness (QED) is 0.860. The fourth-order valence-corrected chi connectivity index (χ4v) is 4.32. The largest absolute Gasteiger partial charge is 0.366 e. The summed E-state index contributed by atoms with van der Waals surface area (Å²) in [5.74, 6) is -0.594. The fourth-order valence-electron chi connectivity index (χ4n) is 2.04. The van der Waals surface area contributed by atoms with Gasteiger partial charge >= 0.3 is 0 Å². The minimum atomic E-state index is -3.94. The number of carbonyl (C=O) groups is 1. The molecule has 0 aliphatic rings. The van der Waals surface area contributed by atoms with Crippen LogP contribution in [0.2, 0.25) is 10.0 Å².